The second-order valence-electron chi connectivity index (χ2n) is 12.9. The molecule has 2 heterocycles. The van der Waals surface area contributed by atoms with Gasteiger partial charge >= 0.3 is 24.8 Å². The minimum Gasteiger partial charge on any atom is -0.600 e. The first-order chi connectivity index (χ1) is 20.2. The van der Waals surface area contributed by atoms with Gasteiger partial charge in [-0.05, 0) is 65.9 Å². The van der Waals surface area contributed by atoms with Gasteiger partial charge in [0, 0.05) is 35.5 Å². The number of ketones is 2. The third-order valence-corrected chi connectivity index (χ3v) is 10.3. The molecule has 0 amide bonds. The number of benzene rings is 2. The monoisotopic (exact) mass is 661 g/mol. The summed E-state index contributed by atoms with van der Waals surface area (Å²) in [5.74, 6) is -1.03. The lowest BCUT2D eigenvalue weighted by molar-refractivity contribution is -0.794. The quantitative estimate of drug-likeness (QED) is 0.370. The minimum atomic E-state index is -4.10. The highest BCUT2D eigenvalue weighted by Crippen LogP contribution is 2.58. The molecule has 43 heavy (non-hydrogen) atoms. The number of hydrogen-bond acceptors (Lipinski definition) is 6. The van der Waals surface area contributed by atoms with Gasteiger partial charge in [0.1, 0.15) is 13.1 Å². The van der Waals surface area contributed by atoms with Gasteiger partial charge in [0.05, 0.1) is 5.92 Å². The van der Waals surface area contributed by atoms with Crippen molar-refractivity contribution in [3.05, 3.63) is 68.7 Å². The first-order valence-corrected chi connectivity index (χ1v) is 15.5. The molecule has 0 bridgehead atoms. The summed E-state index contributed by atoms with van der Waals surface area (Å²) in [4.78, 5) is 45.5. The third kappa shape index (κ3) is 5.56. The molecule has 0 radical (unpaired) electrons. The number of carbonyl (C=O) groups is 4. The molecule has 0 unspecified atom stereocenters. The third-order valence-electron chi connectivity index (χ3n) is 9.85. The number of hydrogen-bond donors (Lipinski definition) is 0. The van der Waals surface area contributed by atoms with Crippen molar-refractivity contribution in [2.45, 2.75) is 63.4 Å². The van der Waals surface area contributed by atoms with E-state index in [1.165, 1.54) is 5.56 Å². The number of aryl methyl sites for hydroxylation is 2. The van der Waals surface area contributed by atoms with E-state index in [2.05, 4.69) is 22.9 Å². The van der Waals surface area contributed by atoms with Crippen LogP contribution in [0, 0.1) is 11.8 Å². The summed E-state index contributed by atoms with van der Waals surface area (Å²) in [6, 6.07) is 11.1. The van der Waals surface area contributed by atoms with Crippen LogP contribution in [0.1, 0.15) is 75.9 Å². The van der Waals surface area contributed by atoms with Gasteiger partial charge in [-0.15, -0.1) is 0 Å². The maximum Gasteiger partial charge on any atom is 0.587 e. The molecule has 0 aromatic heterocycles. The Morgan fingerprint density at radius 1 is 0.837 bits per heavy atom. The first-order valence-electron chi connectivity index (χ1n) is 14.7. The summed E-state index contributed by atoms with van der Waals surface area (Å²) in [7, 11) is 1.89. The average molecular weight is 662 g/mol. The molecule has 2 aromatic carbocycles. The van der Waals surface area contributed by atoms with Gasteiger partial charge < -0.3 is 13.7 Å². The number of alkyl halides is 3. The van der Waals surface area contributed by atoms with Gasteiger partial charge in [0.15, 0.2) is 11.6 Å². The Morgan fingerprint density at radius 3 is 1.88 bits per heavy atom. The summed E-state index contributed by atoms with van der Waals surface area (Å²) in [5, 5.41) is 0. The van der Waals surface area contributed by atoms with Crippen molar-refractivity contribution >= 4 is 46.1 Å². The first kappa shape index (κ1) is 30.1. The van der Waals surface area contributed by atoms with Crippen molar-refractivity contribution in [2.24, 2.45) is 11.8 Å². The van der Waals surface area contributed by atoms with Crippen LogP contribution < -0.4 is 0 Å². The predicted octanol–water partition coefficient (Wildman–Crippen LogP) is 5.95. The highest BCUT2D eigenvalue weighted by Gasteiger charge is 2.73. The summed E-state index contributed by atoms with van der Waals surface area (Å²) in [6.45, 7) is 0.913. The number of nitrogens with zero attached hydrogens (tertiary/aromatic N) is 1. The lowest BCUT2D eigenvalue weighted by Gasteiger charge is -2.40. The molecular weight excluding hydrogens is 630 g/mol. The number of Topliss-reactive ketones (excluding diaryl/α,β-unsaturated/α-hetero) is 2. The van der Waals surface area contributed by atoms with Gasteiger partial charge in [0.2, 0.25) is 0 Å². The molecule has 4 fully saturated rings. The fourth-order valence-electron chi connectivity index (χ4n) is 7.22. The normalized spacial score (nSPS) is 32.9. The fourth-order valence-corrected chi connectivity index (χ4v) is 7.59. The molecule has 0 spiro atoms. The SMILES string of the molecule is C[C@@H]1C[C@H]1[B-]12OC(=O)C[N+]1(C)CC(=O)O2.O=C1CCc2ccc(Br)cc21.O=C1CCc2ccc([C@H]3C[C@@H]3C(F)(F)F)cc21. The van der Waals surface area contributed by atoms with Crippen LogP contribution in [-0.2, 0) is 31.7 Å². The maximum atomic E-state index is 12.5. The lowest BCUT2D eigenvalue weighted by Crippen LogP contribution is -2.60. The van der Waals surface area contributed by atoms with Crippen LogP contribution >= 0.6 is 15.9 Å². The van der Waals surface area contributed by atoms with E-state index >= 15 is 0 Å². The Labute approximate surface area is 255 Å². The molecule has 4 aliphatic carbocycles. The molecule has 228 valence electrons. The molecule has 4 atom stereocenters. The van der Waals surface area contributed by atoms with Crippen molar-refractivity contribution < 1.29 is 46.1 Å². The van der Waals surface area contributed by atoms with Gasteiger partial charge in [-0.1, -0.05) is 53.4 Å². The summed E-state index contributed by atoms with van der Waals surface area (Å²) in [5.41, 5.74) is 4.37. The lowest BCUT2D eigenvalue weighted by atomic mass is 9.61. The van der Waals surface area contributed by atoms with Gasteiger partial charge in [-0.25, -0.2) is 0 Å². The van der Waals surface area contributed by atoms with Crippen molar-refractivity contribution in [2.75, 3.05) is 20.1 Å². The molecule has 2 aromatic rings. The van der Waals surface area contributed by atoms with Crippen molar-refractivity contribution in [1.82, 2.24) is 0 Å². The van der Waals surface area contributed by atoms with Crippen LogP contribution in [0.4, 0.5) is 13.2 Å². The zero-order valence-corrected chi connectivity index (χ0v) is 25.5. The summed E-state index contributed by atoms with van der Waals surface area (Å²) in [6.07, 6.45) is -0.125. The molecule has 7 nitrogen and oxygen atoms in total. The van der Waals surface area contributed by atoms with E-state index in [1.54, 1.807) is 18.2 Å². The van der Waals surface area contributed by atoms with E-state index in [0.717, 1.165) is 34.9 Å². The topological polar surface area (TPSA) is 86.7 Å². The van der Waals surface area contributed by atoms with Crippen LogP contribution in [-0.4, -0.2) is 60.9 Å². The van der Waals surface area contributed by atoms with E-state index in [9.17, 15) is 32.3 Å². The smallest absolute Gasteiger partial charge is 0.587 e. The van der Waals surface area contributed by atoms with E-state index in [-0.39, 0.29) is 48.8 Å². The number of quaternary nitrogens is 1. The second-order valence-corrected chi connectivity index (χ2v) is 13.9. The molecule has 6 aliphatic rings. The van der Waals surface area contributed by atoms with Crippen LogP contribution in [0.3, 0.4) is 0 Å². The standard InChI is InChI=1S/C13H11F3O.C9H14BNO4.C9H7BrO/c14-13(15,16)11-6-9(11)8-2-1-7-3-4-12(17)10(7)5-8;1-6-3-7(6)10-11(2,4-8(12)14-10)5-9(13)15-10;10-7-3-1-6-2-4-9(11)8(6)5-7/h1-2,5,9,11H,3-4,6H2;6-7H,3-5H2,1-2H3;1,3,5H,2,4H2/t9-,11+;6-,7-,10?,11?;/m11./s1. The molecule has 2 aliphatic heterocycles. The van der Waals surface area contributed by atoms with Gasteiger partial charge in [-0.3, -0.25) is 19.2 Å². The van der Waals surface area contributed by atoms with Crippen molar-refractivity contribution in [1.29, 1.82) is 0 Å². The van der Waals surface area contributed by atoms with Crippen LogP contribution in [0.5, 0.6) is 0 Å². The minimum absolute atomic E-state index is 0.0612. The van der Waals surface area contributed by atoms with Crippen molar-refractivity contribution in [3.63, 3.8) is 0 Å². The Bertz CT molecular complexity index is 1520. The molecular formula is C31H32BBrF3NO6. The van der Waals surface area contributed by atoms with E-state index in [0.29, 0.717) is 34.3 Å². The number of likely N-dealkylation sites (N-methyl/N-ethyl adjacent to an activating group) is 1. The van der Waals surface area contributed by atoms with Crippen molar-refractivity contribution in [3.8, 4) is 0 Å². The fraction of sp³-hybridized carbons (Fsp3) is 0.484. The number of fused-ring (bicyclic) bond motifs is 3. The predicted molar refractivity (Wildman–Crippen MR) is 154 cm³/mol. The highest BCUT2D eigenvalue weighted by molar-refractivity contribution is 9.10. The number of carbonyl (C=O) groups excluding carboxylic acids is 4. The number of rotatable bonds is 2. The molecule has 8 rings (SSSR count). The summed E-state index contributed by atoms with van der Waals surface area (Å²) >= 11 is 3.34. The zero-order chi connectivity index (χ0) is 30.9. The molecule has 12 heteroatoms. The molecule has 0 N–H and O–H groups in total. The Hall–Kier alpha value is -2.99. The maximum absolute atomic E-state index is 12.5. The van der Waals surface area contributed by atoms with Gasteiger partial charge in [0.25, 0.3) is 0 Å². The Morgan fingerprint density at radius 2 is 1.37 bits per heavy atom. The second kappa shape index (κ2) is 10.6. The van der Waals surface area contributed by atoms with Crippen LogP contribution in [0.2, 0.25) is 5.82 Å². The van der Waals surface area contributed by atoms with E-state index in [1.807, 2.05) is 25.2 Å². The zero-order valence-electron chi connectivity index (χ0n) is 23.9. The Balaban J connectivity index is 0.000000117. The summed E-state index contributed by atoms with van der Waals surface area (Å²) < 4.78 is 49.5. The van der Waals surface area contributed by atoms with E-state index < -0.39 is 24.7 Å². The number of halogens is 4. The van der Waals surface area contributed by atoms with E-state index in [4.69, 9.17) is 9.31 Å². The average Bonchev–Trinajstić information content (AvgIpc) is 3.77. The molecule has 2 saturated carbocycles. The highest BCUT2D eigenvalue weighted by atomic mass is 79.9. The molecule has 2 saturated heterocycles. The van der Waals surface area contributed by atoms with Crippen LogP contribution in [0.25, 0.3) is 0 Å². The largest absolute Gasteiger partial charge is 0.600 e. The Kier molecular flexibility index (Phi) is 7.39. The van der Waals surface area contributed by atoms with Crippen LogP contribution in [0.15, 0.2) is 40.9 Å². The van der Waals surface area contributed by atoms with Gasteiger partial charge in [-0.2, -0.15) is 13.2 Å².